The van der Waals surface area contributed by atoms with Crippen LogP contribution in [0.15, 0.2) is 17.5 Å². The van der Waals surface area contributed by atoms with E-state index < -0.39 is 0 Å². The molecule has 1 aromatic heterocycles. The second-order valence-corrected chi connectivity index (χ2v) is 8.09. The molecule has 0 spiro atoms. The first-order valence-electron chi connectivity index (χ1n) is 8.41. The standard InChI is InChI=1S/C17H29N3OS/c1-17(5-6-18-13-17)14-19(2)12-15(16-4-3-11-22-16)20-7-9-21-10-8-20/h3-4,11,15,18H,5-10,12-14H2,1-2H3. The summed E-state index contributed by atoms with van der Waals surface area (Å²) in [5.41, 5.74) is 0.430. The lowest BCUT2D eigenvalue weighted by atomic mass is 9.89. The average molecular weight is 324 g/mol. The van der Waals surface area contributed by atoms with Crippen LogP contribution in [-0.2, 0) is 4.74 Å². The molecule has 0 aliphatic carbocycles. The predicted octanol–water partition coefficient (Wildman–Crippen LogP) is 2.05. The number of hydrogen-bond acceptors (Lipinski definition) is 5. The highest BCUT2D eigenvalue weighted by Crippen LogP contribution is 2.29. The molecule has 3 heterocycles. The van der Waals surface area contributed by atoms with Gasteiger partial charge in [-0.25, -0.2) is 0 Å². The third kappa shape index (κ3) is 4.09. The fourth-order valence-corrected chi connectivity index (χ4v) is 4.62. The van der Waals surface area contributed by atoms with Crippen molar-refractivity contribution in [2.24, 2.45) is 5.41 Å². The van der Waals surface area contributed by atoms with Crippen molar-refractivity contribution >= 4 is 11.3 Å². The van der Waals surface area contributed by atoms with Crippen LogP contribution in [-0.4, -0.2) is 69.3 Å². The zero-order valence-corrected chi connectivity index (χ0v) is 14.7. The largest absolute Gasteiger partial charge is 0.379 e. The summed E-state index contributed by atoms with van der Waals surface area (Å²) in [7, 11) is 2.28. The Morgan fingerprint density at radius 3 is 2.91 bits per heavy atom. The maximum atomic E-state index is 5.54. The summed E-state index contributed by atoms with van der Waals surface area (Å²) in [6.45, 7) is 10.9. The summed E-state index contributed by atoms with van der Waals surface area (Å²) in [6, 6.07) is 4.97. The first-order valence-corrected chi connectivity index (χ1v) is 9.29. The van der Waals surface area contributed by atoms with Crippen LogP contribution in [0.1, 0.15) is 24.3 Å². The lowest BCUT2D eigenvalue weighted by molar-refractivity contribution is 0.00797. The van der Waals surface area contributed by atoms with Gasteiger partial charge in [-0.1, -0.05) is 13.0 Å². The molecule has 0 saturated carbocycles. The lowest BCUT2D eigenvalue weighted by Gasteiger charge is -2.38. The normalized spacial score (nSPS) is 28.3. The first kappa shape index (κ1) is 16.4. The molecule has 3 rings (SSSR count). The molecule has 2 aliphatic rings. The van der Waals surface area contributed by atoms with Crippen molar-refractivity contribution < 1.29 is 4.74 Å². The fraction of sp³-hybridized carbons (Fsp3) is 0.765. The van der Waals surface area contributed by atoms with Crippen molar-refractivity contribution in [3.63, 3.8) is 0 Å². The van der Waals surface area contributed by atoms with Crippen LogP contribution in [0.2, 0.25) is 0 Å². The molecule has 2 saturated heterocycles. The number of likely N-dealkylation sites (N-methyl/N-ethyl adjacent to an activating group) is 1. The maximum Gasteiger partial charge on any atom is 0.0594 e. The molecule has 2 atom stereocenters. The van der Waals surface area contributed by atoms with Crippen molar-refractivity contribution in [3.05, 3.63) is 22.4 Å². The number of thiophene rings is 1. The van der Waals surface area contributed by atoms with Gasteiger partial charge in [0.2, 0.25) is 0 Å². The van der Waals surface area contributed by atoms with Crippen LogP contribution in [0.3, 0.4) is 0 Å². The zero-order chi connectivity index (χ0) is 15.4. The minimum absolute atomic E-state index is 0.430. The summed E-state index contributed by atoms with van der Waals surface area (Å²) < 4.78 is 5.54. The zero-order valence-electron chi connectivity index (χ0n) is 13.9. The van der Waals surface area contributed by atoms with Gasteiger partial charge in [0.1, 0.15) is 0 Å². The Bertz CT molecular complexity index is 439. The number of hydrogen-bond donors (Lipinski definition) is 1. The maximum absolute atomic E-state index is 5.54. The van der Waals surface area contributed by atoms with Crippen molar-refractivity contribution in [2.75, 3.05) is 59.5 Å². The minimum atomic E-state index is 0.430. The molecule has 2 unspecified atom stereocenters. The third-order valence-electron chi connectivity index (χ3n) is 4.95. The Labute approximate surface area is 138 Å². The Morgan fingerprint density at radius 1 is 1.45 bits per heavy atom. The van der Waals surface area contributed by atoms with E-state index in [1.165, 1.54) is 24.4 Å². The van der Waals surface area contributed by atoms with Gasteiger partial charge < -0.3 is 15.0 Å². The van der Waals surface area contributed by atoms with Crippen LogP contribution in [0.25, 0.3) is 0 Å². The monoisotopic (exact) mass is 323 g/mol. The van der Waals surface area contributed by atoms with E-state index in [4.69, 9.17) is 4.74 Å². The third-order valence-corrected chi connectivity index (χ3v) is 5.92. The van der Waals surface area contributed by atoms with E-state index in [1.807, 2.05) is 11.3 Å². The summed E-state index contributed by atoms with van der Waals surface area (Å²) in [6.07, 6.45) is 1.29. The molecule has 0 aromatic carbocycles. The van der Waals surface area contributed by atoms with Gasteiger partial charge in [-0.3, -0.25) is 4.90 Å². The van der Waals surface area contributed by atoms with E-state index in [1.54, 1.807) is 0 Å². The van der Waals surface area contributed by atoms with Crippen LogP contribution in [0, 0.1) is 5.41 Å². The minimum Gasteiger partial charge on any atom is -0.379 e. The van der Waals surface area contributed by atoms with Crippen LogP contribution < -0.4 is 5.32 Å². The van der Waals surface area contributed by atoms with E-state index in [0.29, 0.717) is 11.5 Å². The summed E-state index contributed by atoms with van der Waals surface area (Å²) in [4.78, 5) is 6.62. The van der Waals surface area contributed by atoms with E-state index in [9.17, 15) is 0 Å². The molecule has 0 bridgehead atoms. The molecular weight excluding hydrogens is 294 g/mol. The summed E-state index contributed by atoms with van der Waals surface area (Å²) in [5, 5.41) is 5.71. The fourth-order valence-electron chi connectivity index (χ4n) is 3.77. The summed E-state index contributed by atoms with van der Waals surface area (Å²) in [5.74, 6) is 0. The molecule has 1 aromatic rings. The Hall–Kier alpha value is -0.460. The van der Waals surface area contributed by atoms with Gasteiger partial charge in [-0.2, -0.15) is 0 Å². The Balaban J connectivity index is 1.64. The van der Waals surface area contributed by atoms with E-state index >= 15 is 0 Å². The van der Waals surface area contributed by atoms with Gasteiger partial charge in [0.05, 0.1) is 19.3 Å². The molecule has 0 amide bonds. The quantitative estimate of drug-likeness (QED) is 0.867. The smallest absolute Gasteiger partial charge is 0.0594 e. The highest BCUT2D eigenvalue weighted by Gasteiger charge is 2.31. The van der Waals surface area contributed by atoms with Gasteiger partial charge in [-0.15, -0.1) is 11.3 Å². The van der Waals surface area contributed by atoms with Crippen LogP contribution in [0.4, 0.5) is 0 Å². The van der Waals surface area contributed by atoms with Gasteiger partial charge >= 0.3 is 0 Å². The molecule has 1 N–H and O–H groups in total. The van der Waals surface area contributed by atoms with Crippen molar-refractivity contribution in [2.45, 2.75) is 19.4 Å². The second kappa shape index (κ2) is 7.41. The van der Waals surface area contributed by atoms with Crippen LogP contribution >= 0.6 is 11.3 Å². The number of nitrogens with one attached hydrogen (secondary N) is 1. The van der Waals surface area contributed by atoms with Gasteiger partial charge in [0.15, 0.2) is 0 Å². The van der Waals surface area contributed by atoms with Gasteiger partial charge in [0, 0.05) is 37.6 Å². The lowest BCUT2D eigenvalue weighted by Crippen LogP contribution is -2.45. The highest BCUT2D eigenvalue weighted by molar-refractivity contribution is 7.10. The molecule has 124 valence electrons. The molecule has 22 heavy (non-hydrogen) atoms. The Morgan fingerprint density at radius 2 is 2.27 bits per heavy atom. The number of ether oxygens (including phenoxy) is 1. The van der Waals surface area contributed by atoms with Gasteiger partial charge in [-0.05, 0) is 36.9 Å². The topological polar surface area (TPSA) is 27.7 Å². The number of morpholine rings is 1. The van der Waals surface area contributed by atoms with Crippen LogP contribution in [0.5, 0.6) is 0 Å². The molecule has 5 heteroatoms. The van der Waals surface area contributed by atoms with Crippen molar-refractivity contribution in [3.8, 4) is 0 Å². The van der Waals surface area contributed by atoms with E-state index in [-0.39, 0.29) is 0 Å². The molecule has 2 aliphatic heterocycles. The van der Waals surface area contributed by atoms with Gasteiger partial charge in [0.25, 0.3) is 0 Å². The number of rotatable bonds is 6. The summed E-state index contributed by atoms with van der Waals surface area (Å²) >= 11 is 1.89. The molecule has 0 radical (unpaired) electrons. The molecule has 2 fully saturated rings. The average Bonchev–Trinajstić information content (AvgIpc) is 3.17. The molecule has 4 nitrogen and oxygen atoms in total. The van der Waals surface area contributed by atoms with E-state index in [0.717, 1.165) is 39.4 Å². The van der Waals surface area contributed by atoms with Crippen molar-refractivity contribution in [1.82, 2.24) is 15.1 Å². The first-order chi connectivity index (χ1) is 10.7. The van der Waals surface area contributed by atoms with Crippen molar-refractivity contribution in [1.29, 1.82) is 0 Å². The second-order valence-electron chi connectivity index (χ2n) is 7.11. The Kier molecular flexibility index (Phi) is 5.52. The molecular formula is C17H29N3OS. The highest BCUT2D eigenvalue weighted by atomic mass is 32.1. The number of nitrogens with zero attached hydrogens (tertiary/aromatic N) is 2. The van der Waals surface area contributed by atoms with E-state index in [2.05, 4.69) is 46.6 Å². The SMILES string of the molecule is CN(CC(c1cccs1)N1CCOCC1)CC1(C)CCNC1. The predicted molar refractivity (Wildman–Crippen MR) is 92.5 cm³/mol.